The number of thiazole rings is 1. The standard InChI is InChI=1S/C17H14N2O2S2/c1-21-12-7-8-13-14(9-12)23-17(18-13)19-15(20)10-22-16(19)11-5-3-2-4-6-11/h2-9,16H,10H2,1H3/t16-/m0/s1. The Bertz CT molecular complexity index is 863. The number of thioether (sulfide) groups is 1. The van der Waals surface area contributed by atoms with Crippen LogP contribution in [0.4, 0.5) is 5.13 Å². The van der Waals surface area contributed by atoms with Crippen LogP contribution in [-0.4, -0.2) is 23.8 Å². The summed E-state index contributed by atoms with van der Waals surface area (Å²) in [5.41, 5.74) is 2.02. The molecule has 0 aliphatic carbocycles. The van der Waals surface area contributed by atoms with Crippen LogP contribution in [0.5, 0.6) is 5.75 Å². The summed E-state index contributed by atoms with van der Waals surface area (Å²) in [5, 5.41) is 0.739. The number of amides is 1. The molecule has 0 bridgehead atoms. The van der Waals surface area contributed by atoms with E-state index in [-0.39, 0.29) is 11.3 Å². The molecule has 2 aromatic carbocycles. The minimum absolute atomic E-state index is 0.00819. The third-order valence-corrected chi connectivity index (χ3v) is 5.97. The zero-order valence-corrected chi connectivity index (χ0v) is 14.1. The molecule has 1 aliphatic rings. The van der Waals surface area contributed by atoms with E-state index in [2.05, 4.69) is 17.1 Å². The minimum Gasteiger partial charge on any atom is -0.497 e. The normalized spacial score (nSPS) is 17.9. The van der Waals surface area contributed by atoms with E-state index in [1.54, 1.807) is 18.9 Å². The first-order chi connectivity index (χ1) is 11.3. The van der Waals surface area contributed by atoms with E-state index in [1.165, 1.54) is 11.3 Å². The van der Waals surface area contributed by atoms with Crippen LogP contribution in [0.2, 0.25) is 0 Å². The Morgan fingerprint density at radius 3 is 2.83 bits per heavy atom. The van der Waals surface area contributed by atoms with Gasteiger partial charge in [-0.2, -0.15) is 0 Å². The molecule has 1 saturated heterocycles. The average molecular weight is 342 g/mol. The molecule has 3 aromatic rings. The quantitative estimate of drug-likeness (QED) is 0.719. The number of nitrogens with zero attached hydrogens (tertiary/aromatic N) is 2. The Hall–Kier alpha value is -2.05. The summed E-state index contributed by atoms with van der Waals surface area (Å²) >= 11 is 3.17. The van der Waals surface area contributed by atoms with Gasteiger partial charge in [0.05, 0.1) is 23.1 Å². The predicted molar refractivity (Wildman–Crippen MR) is 95.3 cm³/mol. The zero-order chi connectivity index (χ0) is 15.8. The molecule has 0 N–H and O–H groups in total. The van der Waals surface area contributed by atoms with E-state index >= 15 is 0 Å². The zero-order valence-electron chi connectivity index (χ0n) is 12.4. The second-order valence-corrected chi connectivity index (χ2v) is 7.25. The van der Waals surface area contributed by atoms with E-state index in [0.717, 1.165) is 26.7 Å². The lowest BCUT2D eigenvalue weighted by Crippen LogP contribution is -2.27. The summed E-state index contributed by atoms with van der Waals surface area (Å²) in [4.78, 5) is 18.9. The number of benzene rings is 2. The molecule has 6 heteroatoms. The van der Waals surface area contributed by atoms with Crippen molar-refractivity contribution in [3.63, 3.8) is 0 Å². The van der Waals surface area contributed by atoms with Gasteiger partial charge in [-0.3, -0.25) is 9.69 Å². The molecular weight excluding hydrogens is 328 g/mol. The maximum absolute atomic E-state index is 12.4. The number of ether oxygens (including phenoxy) is 1. The molecule has 1 fully saturated rings. The third kappa shape index (κ3) is 2.58. The molecule has 2 heterocycles. The van der Waals surface area contributed by atoms with Crippen LogP contribution in [0.15, 0.2) is 48.5 Å². The van der Waals surface area contributed by atoms with Crippen LogP contribution >= 0.6 is 23.1 Å². The van der Waals surface area contributed by atoms with Gasteiger partial charge in [-0.15, -0.1) is 11.8 Å². The smallest absolute Gasteiger partial charge is 0.240 e. The molecule has 0 saturated carbocycles. The first-order valence-corrected chi connectivity index (χ1v) is 9.06. The van der Waals surface area contributed by atoms with E-state index in [0.29, 0.717) is 5.75 Å². The number of carbonyl (C=O) groups excluding carboxylic acids is 1. The Kier molecular flexibility index (Phi) is 3.71. The third-order valence-electron chi connectivity index (χ3n) is 3.74. The molecule has 1 aliphatic heterocycles. The van der Waals surface area contributed by atoms with Crippen LogP contribution < -0.4 is 9.64 Å². The van der Waals surface area contributed by atoms with Gasteiger partial charge in [0.2, 0.25) is 5.91 Å². The molecule has 1 amide bonds. The van der Waals surface area contributed by atoms with Crippen molar-refractivity contribution in [3.05, 3.63) is 54.1 Å². The number of carbonyl (C=O) groups is 1. The van der Waals surface area contributed by atoms with Crippen LogP contribution in [0, 0.1) is 0 Å². The van der Waals surface area contributed by atoms with Crippen molar-refractivity contribution in [2.24, 2.45) is 0 Å². The van der Waals surface area contributed by atoms with E-state index in [9.17, 15) is 4.79 Å². The van der Waals surface area contributed by atoms with Gasteiger partial charge >= 0.3 is 0 Å². The molecule has 1 aromatic heterocycles. The van der Waals surface area contributed by atoms with Gasteiger partial charge < -0.3 is 4.74 Å². The van der Waals surface area contributed by atoms with Crippen molar-refractivity contribution in [2.75, 3.05) is 17.8 Å². The summed E-state index contributed by atoms with van der Waals surface area (Å²) in [7, 11) is 1.65. The number of anilines is 1. The first kappa shape index (κ1) is 14.5. The van der Waals surface area contributed by atoms with Gasteiger partial charge in [0, 0.05) is 0 Å². The number of methoxy groups -OCH3 is 1. The first-order valence-electron chi connectivity index (χ1n) is 7.19. The topological polar surface area (TPSA) is 42.4 Å². The molecule has 1 atom stereocenters. The summed E-state index contributed by atoms with van der Waals surface area (Å²) in [5.74, 6) is 1.39. The van der Waals surface area contributed by atoms with Gasteiger partial charge in [0.1, 0.15) is 11.1 Å². The second-order valence-electron chi connectivity index (χ2n) is 5.17. The Balaban J connectivity index is 1.76. The van der Waals surface area contributed by atoms with Crippen LogP contribution in [-0.2, 0) is 4.79 Å². The molecular formula is C17H14N2O2S2. The highest BCUT2D eigenvalue weighted by Crippen LogP contribution is 2.44. The number of rotatable bonds is 3. The molecule has 0 spiro atoms. The summed E-state index contributed by atoms with van der Waals surface area (Å²) < 4.78 is 6.29. The fraction of sp³-hybridized carbons (Fsp3) is 0.176. The highest BCUT2D eigenvalue weighted by Gasteiger charge is 2.35. The van der Waals surface area contributed by atoms with Crippen LogP contribution in [0.3, 0.4) is 0 Å². The van der Waals surface area contributed by atoms with Crippen LogP contribution in [0.25, 0.3) is 10.2 Å². The number of aromatic nitrogens is 1. The molecule has 4 nitrogen and oxygen atoms in total. The van der Waals surface area contributed by atoms with Gasteiger partial charge in [-0.1, -0.05) is 41.7 Å². The predicted octanol–water partition coefficient (Wildman–Crippen LogP) is 4.08. The number of hydrogen-bond acceptors (Lipinski definition) is 5. The Labute approximate surface area is 142 Å². The molecule has 116 valence electrons. The van der Waals surface area contributed by atoms with Crippen molar-refractivity contribution < 1.29 is 9.53 Å². The highest BCUT2D eigenvalue weighted by molar-refractivity contribution is 8.00. The lowest BCUT2D eigenvalue weighted by atomic mass is 10.2. The fourth-order valence-electron chi connectivity index (χ4n) is 2.62. The molecule has 0 unspecified atom stereocenters. The fourth-order valence-corrected chi connectivity index (χ4v) is 4.88. The second kappa shape index (κ2) is 5.86. The number of fused-ring (bicyclic) bond motifs is 1. The lowest BCUT2D eigenvalue weighted by Gasteiger charge is -2.21. The van der Waals surface area contributed by atoms with Crippen molar-refractivity contribution in [3.8, 4) is 5.75 Å². The lowest BCUT2D eigenvalue weighted by molar-refractivity contribution is -0.115. The van der Waals surface area contributed by atoms with Gasteiger partial charge in [-0.25, -0.2) is 4.98 Å². The van der Waals surface area contributed by atoms with E-state index in [4.69, 9.17) is 4.74 Å². The molecule has 4 rings (SSSR count). The average Bonchev–Trinajstić information content (AvgIpc) is 3.17. The molecule has 23 heavy (non-hydrogen) atoms. The van der Waals surface area contributed by atoms with Gasteiger partial charge in [0.15, 0.2) is 5.13 Å². The highest BCUT2D eigenvalue weighted by atomic mass is 32.2. The maximum Gasteiger partial charge on any atom is 0.240 e. The van der Waals surface area contributed by atoms with Crippen molar-refractivity contribution in [2.45, 2.75) is 5.37 Å². The Morgan fingerprint density at radius 1 is 1.22 bits per heavy atom. The SMILES string of the molecule is COc1ccc2nc(N3C(=O)CS[C@H]3c3ccccc3)sc2c1. The Morgan fingerprint density at radius 2 is 2.04 bits per heavy atom. The van der Waals surface area contributed by atoms with E-state index in [1.807, 2.05) is 41.3 Å². The van der Waals surface area contributed by atoms with Crippen LogP contribution in [0.1, 0.15) is 10.9 Å². The number of hydrogen-bond donors (Lipinski definition) is 0. The van der Waals surface area contributed by atoms with Crippen molar-refractivity contribution in [1.29, 1.82) is 0 Å². The van der Waals surface area contributed by atoms with Gasteiger partial charge in [0.25, 0.3) is 0 Å². The monoisotopic (exact) mass is 342 g/mol. The molecule has 0 radical (unpaired) electrons. The van der Waals surface area contributed by atoms with Crippen molar-refractivity contribution >= 4 is 44.4 Å². The van der Waals surface area contributed by atoms with E-state index < -0.39 is 0 Å². The summed E-state index contributed by atoms with van der Waals surface area (Å²) in [6.07, 6.45) is 0. The minimum atomic E-state index is -0.00819. The van der Waals surface area contributed by atoms with Crippen molar-refractivity contribution in [1.82, 2.24) is 4.98 Å². The largest absolute Gasteiger partial charge is 0.497 e. The summed E-state index contributed by atoms with van der Waals surface area (Å²) in [6.45, 7) is 0. The van der Waals surface area contributed by atoms with Gasteiger partial charge in [-0.05, 0) is 23.8 Å². The summed E-state index contributed by atoms with van der Waals surface area (Å²) in [6, 6.07) is 15.9. The maximum atomic E-state index is 12.4.